The summed E-state index contributed by atoms with van der Waals surface area (Å²) in [6.45, 7) is 4.07. The second kappa shape index (κ2) is 6.60. The Bertz CT molecular complexity index is 256. The number of likely N-dealkylation sites (N-methyl/N-ethyl adjacent to an activating group) is 1. The van der Waals surface area contributed by atoms with E-state index in [4.69, 9.17) is 4.74 Å². The molecule has 1 aliphatic heterocycles. The molecule has 92 valence electrons. The molecule has 1 heterocycles. The summed E-state index contributed by atoms with van der Waals surface area (Å²) in [6.07, 6.45) is 2.45. The maximum Gasteiger partial charge on any atom is 0.246 e. The number of likely N-dealkylation sites (tertiary alicyclic amines) is 1. The average Bonchev–Trinajstić information content (AvgIpc) is 2.51. The number of imide groups is 1. The molecule has 1 fully saturated rings. The largest absolute Gasteiger partial charge is 0.380 e. The molecule has 16 heavy (non-hydrogen) atoms. The monoisotopic (exact) mass is 228 g/mol. The highest BCUT2D eigenvalue weighted by Crippen LogP contribution is 2.09. The molecule has 2 amide bonds. The van der Waals surface area contributed by atoms with Crippen LogP contribution < -0.4 is 5.32 Å². The Balaban J connectivity index is 2.10. The van der Waals surface area contributed by atoms with Crippen LogP contribution in [-0.2, 0) is 14.3 Å². The number of carbonyl (C=O) groups is 2. The van der Waals surface area contributed by atoms with Crippen LogP contribution in [0.25, 0.3) is 0 Å². The van der Waals surface area contributed by atoms with Crippen molar-refractivity contribution in [2.24, 2.45) is 0 Å². The van der Waals surface area contributed by atoms with E-state index < -0.39 is 0 Å². The number of hydrogen-bond donors (Lipinski definition) is 1. The first kappa shape index (κ1) is 13.1. The zero-order valence-corrected chi connectivity index (χ0v) is 9.99. The van der Waals surface area contributed by atoms with Gasteiger partial charge in [-0.3, -0.25) is 14.5 Å². The Morgan fingerprint density at radius 1 is 1.44 bits per heavy atom. The fraction of sp³-hybridized carbons (Fsp3) is 0.818. The molecule has 0 aromatic carbocycles. The van der Waals surface area contributed by atoms with Gasteiger partial charge in [-0.05, 0) is 6.42 Å². The molecule has 1 atom stereocenters. The van der Waals surface area contributed by atoms with Gasteiger partial charge in [-0.15, -0.1) is 0 Å². The van der Waals surface area contributed by atoms with Crippen LogP contribution in [0.2, 0.25) is 0 Å². The predicted octanol–water partition coefficient (Wildman–Crippen LogP) is 0.150. The maximum atomic E-state index is 11.5. The second-order valence-electron chi connectivity index (χ2n) is 3.97. The van der Waals surface area contributed by atoms with Crippen molar-refractivity contribution >= 4 is 11.8 Å². The molecular weight excluding hydrogens is 208 g/mol. The minimum absolute atomic E-state index is 0.116. The molecule has 0 saturated carbocycles. The van der Waals surface area contributed by atoms with Gasteiger partial charge in [0.1, 0.15) is 0 Å². The highest BCUT2D eigenvalue weighted by Gasteiger charge is 2.35. The summed E-state index contributed by atoms with van der Waals surface area (Å²) in [5, 5.41) is 3.03. The Morgan fingerprint density at radius 3 is 2.75 bits per heavy atom. The van der Waals surface area contributed by atoms with Crippen LogP contribution in [0.4, 0.5) is 0 Å². The molecular formula is C11H20N2O3. The molecule has 1 N–H and O–H groups in total. The van der Waals surface area contributed by atoms with E-state index in [2.05, 4.69) is 12.2 Å². The fourth-order valence-corrected chi connectivity index (χ4v) is 1.57. The van der Waals surface area contributed by atoms with Crippen molar-refractivity contribution in [3.63, 3.8) is 0 Å². The van der Waals surface area contributed by atoms with E-state index in [-0.39, 0.29) is 24.3 Å². The summed E-state index contributed by atoms with van der Waals surface area (Å²) in [5.74, 6) is -0.257. The van der Waals surface area contributed by atoms with Gasteiger partial charge in [0.2, 0.25) is 11.8 Å². The molecule has 0 bridgehead atoms. The van der Waals surface area contributed by atoms with Gasteiger partial charge >= 0.3 is 0 Å². The Kier molecular flexibility index (Phi) is 5.42. The normalized spacial score (nSPS) is 20.9. The summed E-state index contributed by atoms with van der Waals surface area (Å²) in [4.78, 5) is 23.9. The van der Waals surface area contributed by atoms with Crippen LogP contribution in [0.3, 0.4) is 0 Å². The number of unbranched alkanes of at least 4 members (excludes halogenated alkanes) is 1. The molecule has 5 nitrogen and oxygen atoms in total. The third kappa shape index (κ3) is 3.57. The van der Waals surface area contributed by atoms with E-state index >= 15 is 0 Å². The van der Waals surface area contributed by atoms with Crippen LogP contribution in [0.5, 0.6) is 0 Å². The van der Waals surface area contributed by atoms with E-state index in [1.807, 2.05) is 0 Å². The summed E-state index contributed by atoms with van der Waals surface area (Å²) in [6, 6.07) is -0.354. The van der Waals surface area contributed by atoms with E-state index in [0.29, 0.717) is 13.2 Å². The lowest BCUT2D eigenvalue weighted by Gasteiger charge is -2.10. The molecule has 0 spiro atoms. The molecule has 1 saturated heterocycles. The smallest absolute Gasteiger partial charge is 0.246 e. The first-order chi connectivity index (χ1) is 7.66. The van der Waals surface area contributed by atoms with E-state index in [9.17, 15) is 9.59 Å². The topological polar surface area (TPSA) is 58.6 Å². The quantitative estimate of drug-likeness (QED) is 0.498. The Labute approximate surface area is 96.1 Å². The number of nitrogens with zero attached hydrogens (tertiary/aromatic N) is 1. The first-order valence-electron chi connectivity index (χ1n) is 5.78. The minimum atomic E-state index is -0.354. The summed E-state index contributed by atoms with van der Waals surface area (Å²) >= 11 is 0. The van der Waals surface area contributed by atoms with Gasteiger partial charge in [0, 0.05) is 20.2 Å². The van der Waals surface area contributed by atoms with Gasteiger partial charge in [0.05, 0.1) is 19.1 Å². The number of ether oxygens (including phenoxy) is 1. The number of hydrogen-bond acceptors (Lipinski definition) is 4. The lowest BCUT2D eigenvalue weighted by atomic mass is 10.2. The van der Waals surface area contributed by atoms with Crippen LogP contribution in [-0.4, -0.2) is 49.6 Å². The Hall–Kier alpha value is -0.940. The Morgan fingerprint density at radius 2 is 2.19 bits per heavy atom. The van der Waals surface area contributed by atoms with Crippen LogP contribution >= 0.6 is 0 Å². The molecule has 1 aliphatic rings. The number of rotatable bonds is 7. The SMILES string of the molecule is CCCCOCCNC1CC(=O)N(C)C1=O. The van der Waals surface area contributed by atoms with E-state index in [1.165, 1.54) is 11.9 Å². The summed E-state index contributed by atoms with van der Waals surface area (Å²) in [7, 11) is 1.52. The zero-order chi connectivity index (χ0) is 12.0. The van der Waals surface area contributed by atoms with Crippen molar-refractivity contribution in [2.45, 2.75) is 32.2 Å². The highest BCUT2D eigenvalue weighted by molar-refractivity contribution is 6.05. The maximum absolute atomic E-state index is 11.5. The van der Waals surface area contributed by atoms with Crippen molar-refractivity contribution in [3.8, 4) is 0 Å². The van der Waals surface area contributed by atoms with Crippen LogP contribution in [0, 0.1) is 0 Å². The molecule has 0 aromatic rings. The van der Waals surface area contributed by atoms with Crippen molar-refractivity contribution in [1.29, 1.82) is 0 Å². The van der Waals surface area contributed by atoms with Gasteiger partial charge in [-0.25, -0.2) is 0 Å². The van der Waals surface area contributed by atoms with Gasteiger partial charge < -0.3 is 10.1 Å². The van der Waals surface area contributed by atoms with Crippen LogP contribution in [0.1, 0.15) is 26.2 Å². The minimum Gasteiger partial charge on any atom is -0.380 e. The van der Waals surface area contributed by atoms with Crippen molar-refractivity contribution in [1.82, 2.24) is 10.2 Å². The second-order valence-corrected chi connectivity index (χ2v) is 3.97. The van der Waals surface area contributed by atoms with Crippen molar-refractivity contribution in [2.75, 3.05) is 26.8 Å². The van der Waals surface area contributed by atoms with Gasteiger partial charge in [0.25, 0.3) is 0 Å². The number of amides is 2. The average molecular weight is 228 g/mol. The molecule has 1 rings (SSSR count). The van der Waals surface area contributed by atoms with E-state index in [0.717, 1.165) is 19.4 Å². The lowest BCUT2D eigenvalue weighted by Crippen LogP contribution is -2.38. The zero-order valence-electron chi connectivity index (χ0n) is 9.99. The predicted molar refractivity (Wildman–Crippen MR) is 59.9 cm³/mol. The molecule has 0 aromatic heterocycles. The van der Waals surface area contributed by atoms with Gasteiger partial charge in [-0.1, -0.05) is 13.3 Å². The highest BCUT2D eigenvalue weighted by atomic mass is 16.5. The molecule has 0 radical (unpaired) electrons. The first-order valence-corrected chi connectivity index (χ1v) is 5.78. The molecule has 5 heteroatoms. The van der Waals surface area contributed by atoms with Gasteiger partial charge in [-0.2, -0.15) is 0 Å². The standard InChI is InChI=1S/C11H20N2O3/c1-3-4-6-16-7-5-12-9-8-10(14)13(2)11(9)15/h9,12H,3-8H2,1-2H3. The molecule has 1 unspecified atom stereocenters. The number of nitrogens with one attached hydrogen (secondary N) is 1. The summed E-state index contributed by atoms with van der Waals surface area (Å²) in [5.41, 5.74) is 0. The van der Waals surface area contributed by atoms with Crippen LogP contribution in [0.15, 0.2) is 0 Å². The lowest BCUT2D eigenvalue weighted by molar-refractivity contribution is -0.137. The third-order valence-corrected chi connectivity index (χ3v) is 2.66. The van der Waals surface area contributed by atoms with Crippen molar-refractivity contribution < 1.29 is 14.3 Å². The van der Waals surface area contributed by atoms with Crippen molar-refractivity contribution in [3.05, 3.63) is 0 Å². The molecule has 0 aliphatic carbocycles. The fourth-order valence-electron chi connectivity index (χ4n) is 1.57. The number of carbonyl (C=O) groups excluding carboxylic acids is 2. The van der Waals surface area contributed by atoms with E-state index in [1.54, 1.807) is 0 Å². The van der Waals surface area contributed by atoms with Gasteiger partial charge in [0.15, 0.2) is 0 Å². The third-order valence-electron chi connectivity index (χ3n) is 2.66. The summed E-state index contributed by atoms with van der Waals surface area (Å²) < 4.78 is 5.35.